The summed E-state index contributed by atoms with van der Waals surface area (Å²) in [5.41, 5.74) is 1.49. The lowest BCUT2D eigenvalue weighted by Gasteiger charge is -2.26. The lowest BCUT2D eigenvalue weighted by atomic mass is 9.91. The number of rotatable bonds is 8. The number of thioether (sulfide) groups is 1. The third kappa shape index (κ3) is 5.93. The molecule has 0 spiro atoms. The zero-order valence-corrected chi connectivity index (χ0v) is 12.8. The van der Waals surface area contributed by atoms with E-state index in [2.05, 4.69) is 41.5 Å². The van der Waals surface area contributed by atoms with E-state index in [0.717, 1.165) is 0 Å². The molecule has 0 rings (SSSR count). The van der Waals surface area contributed by atoms with Gasteiger partial charge in [0.2, 0.25) is 0 Å². The maximum Gasteiger partial charge on any atom is 0.0579 e. The predicted molar refractivity (Wildman–Crippen MR) is 78.9 cm³/mol. The van der Waals surface area contributed by atoms with Gasteiger partial charge in [-0.1, -0.05) is 33.6 Å². The first-order chi connectivity index (χ1) is 7.49. The minimum atomic E-state index is 0.177. The molecule has 16 heavy (non-hydrogen) atoms. The fraction of sp³-hybridized carbons (Fsp3) is 0.929. The molecule has 1 unspecified atom stereocenters. The Morgan fingerprint density at radius 2 is 1.69 bits per heavy atom. The Morgan fingerprint density at radius 1 is 1.19 bits per heavy atom. The minimum absolute atomic E-state index is 0.177. The van der Waals surface area contributed by atoms with Gasteiger partial charge >= 0.3 is 0 Å². The van der Waals surface area contributed by atoms with E-state index in [-0.39, 0.29) is 5.54 Å². The Kier molecular flexibility index (Phi) is 8.17. The number of aliphatic imine (C=N–C) groups is 1. The highest BCUT2D eigenvalue weighted by Crippen LogP contribution is 2.25. The van der Waals surface area contributed by atoms with Crippen molar-refractivity contribution >= 4 is 17.5 Å². The molecule has 0 saturated heterocycles. The van der Waals surface area contributed by atoms with Gasteiger partial charge < -0.3 is 0 Å². The average Bonchev–Trinajstić information content (AvgIpc) is 2.18. The summed E-state index contributed by atoms with van der Waals surface area (Å²) < 4.78 is 0. The fourth-order valence-corrected chi connectivity index (χ4v) is 3.00. The quantitative estimate of drug-likeness (QED) is 0.550. The Bertz CT molecular complexity index is 205. The van der Waals surface area contributed by atoms with E-state index in [1.54, 1.807) is 0 Å². The Hall–Kier alpha value is 0.0200. The lowest BCUT2D eigenvalue weighted by molar-refractivity contribution is 0.395. The van der Waals surface area contributed by atoms with Crippen LogP contribution in [0.1, 0.15) is 67.2 Å². The molecular formula is C14H29NS. The molecule has 0 aliphatic rings. The van der Waals surface area contributed by atoms with Crippen LogP contribution in [0.3, 0.4) is 0 Å². The van der Waals surface area contributed by atoms with Gasteiger partial charge in [-0.05, 0) is 39.4 Å². The monoisotopic (exact) mass is 243 g/mol. The standard InChI is InChI=1S/C14H29NS/c1-7-10-14(6,11-8-2)15-12(4)13(5)16-9-3/h13H,7-11H2,1-6H3. The van der Waals surface area contributed by atoms with Gasteiger partial charge in [0.05, 0.1) is 5.54 Å². The molecule has 0 heterocycles. The molecule has 0 aliphatic heterocycles. The van der Waals surface area contributed by atoms with Gasteiger partial charge in [0.25, 0.3) is 0 Å². The molecule has 2 heteroatoms. The van der Waals surface area contributed by atoms with Gasteiger partial charge in [0.1, 0.15) is 0 Å². The van der Waals surface area contributed by atoms with Crippen molar-refractivity contribution in [2.75, 3.05) is 5.75 Å². The maximum atomic E-state index is 5.00. The van der Waals surface area contributed by atoms with Gasteiger partial charge in [-0.3, -0.25) is 4.99 Å². The summed E-state index contributed by atoms with van der Waals surface area (Å²) in [5.74, 6) is 1.17. The van der Waals surface area contributed by atoms with Crippen LogP contribution in [0.5, 0.6) is 0 Å². The molecule has 0 saturated carbocycles. The first-order valence-electron chi connectivity index (χ1n) is 6.67. The predicted octanol–water partition coefficient (Wildman–Crippen LogP) is 4.95. The molecule has 0 aromatic heterocycles. The van der Waals surface area contributed by atoms with E-state index in [4.69, 9.17) is 4.99 Å². The van der Waals surface area contributed by atoms with E-state index < -0.39 is 0 Å². The van der Waals surface area contributed by atoms with Gasteiger partial charge in [0.15, 0.2) is 0 Å². The first-order valence-corrected chi connectivity index (χ1v) is 7.71. The molecule has 0 aromatic rings. The summed E-state index contributed by atoms with van der Waals surface area (Å²) >= 11 is 1.99. The third-order valence-electron chi connectivity index (χ3n) is 3.03. The lowest BCUT2D eigenvalue weighted by Crippen LogP contribution is -2.25. The van der Waals surface area contributed by atoms with Crippen LogP contribution in [0.25, 0.3) is 0 Å². The molecule has 0 aliphatic carbocycles. The largest absolute Gasteiger partial charge is 0.287 e. The summed E-state index contributed by atoms with van der Waals surface area (Å²) in [4.78, 5) is 5.00. The van der Waals surface area contributed by atoms with Crippen LogP contribution in [0.4, 0.5) is 0 Å². The average molecular weight is 243 g/mol. The summed E-state index contributed by atoms with van der Waals surface area (Å²) in [5, 5.41) is 0.568. The highest BCUT2D eigenvalue weighted by Gasteiger charge is 2.22. The van der Waals surface area contributed by atoms with Crippen LogP contribution in [-0.2, 0) is 0 Å². The summed E-state index contributed by atoms with van der Waals surface area (Å²) in [6, 6.07) is 0. The number of nitrogens with zero attached hydrogens (tertiary/aromatic N) is 1. The van der Waals surface area contributed by atoms with Crippen LogP contribution in [-0.4, -0.2) is 22.3 Å². The summed E-state index contributed by atoms with van der Waals surface area (Å²) in [6.07, 6.45) is 4.87. The SMILES string of the molecule is CCCC(C)(CCC)N=C(C)C(C)SCC. The molecular weight excluding hydrogens is 214 g/mol. The van der Waals surface area contributed by atoms with E-state index in [9.17, 15) is 0 Å². The summed E-state index contributed by atoms with van der Waals surface area (Å²) in [7, 11) is 0. The second-order valence-electron chi connectivity index (χ2n) is 4.85. The van der Waals surface area contributed by atoms with E-state index >= 15 is 0 Å². The van der Waals surface area contributed by atoms with Gasteiger partial charge in [-0.25, -0.2) is 0 Å². The van der Waals surface area contributed by atoms with Crippen molar-refractivity contribution in [3.63, 3.8) is 0 Å². The highest BCUT2D eigenvalue weighted by molar-refractivity contribution is 8.00. The van der Waals surface area contributed by atoms with E-state index in [1.807, 2.05) is 11.8 Å². The third-order valence-corrected chi connectivity index (χ3v) is 4.20. The van der Waals surface area contributed by atoms with Crippen molar-refractivity contribution in [3.05, 3.63) is 0 Å². The molecule has 0 aromatic carbocycles. The van der Waals surface area contributed by atoms with Crippen LogP contribution >= 0.6 is 11.8 Å². The van der Waals surface area contributed by atoms with Crippen molar-refractivity contribution in [3.8, 4) is 0 Å². The topological polar surface area (TPSA) is 12.4 Å². The van der Waals surface area contributed by atoms with Gasteiger partial charge in [-0.2, -0.15) is 11.8 Å². The molecule has 0 bridgehead atoms. The second kappa shape index (κ2) is 8.16. The Morgan fingerprint density at radius 3 is 2.06 bits per heavy atom. The van der Waals surface area contributed by atoms with Gasteiger partial charge in [-0.15, -0.1) is 0 Å². The molecule has 0 N–H and O–H groups in total. The number of hydrogen-bond acceptors (Lipinski definition) is 2. The normalized spacial score (nSPS) is 15.2. The van der Waals surface area contributed by atoms with Crippen molar-refractivity contribution in [1.29, 1.82) is 0 Å². The first kappa shape index (κ1) is 16.0. The van der Waals surface area contributed by atoms with Crippen LogP contribution < -0.4 is 0 Å². The minimum Gasteiger partial charge on any atom is -0.287 e. The van der Waals surface area contributed by atoms with Crippen molar-refractivity contribution in [1.82, 2.24) is 0 Å². The van der Waals surface area contributed by atoms with Crippen molar-refractivity contribution in [2.45, 2.75) is 78.0 Å². The second-order valence-corrected chi connectivity index (χ2v) is 6.47. The van der Waals surface area contributed by atoms with Crippen LogP contribution in [0.15, 0.2) is 4.99 Å². The fourth-order valence-electron chi connectivity index (χ4n) is 2.20. The smallest absolute Gasteiger partial charge is 0.0579 e. The zero-order chi connectivity index (χ0) is 12.6. The van der Waals surface area contributed by atoms with E-state index in [1.165, 1.54) is 37.1 Å². The van der Waals surface area contributed by atoms with Crippen LogP contribution in [0.2, 0.25) is 0 Å². The highest BCUT2D eigenvalue weighted by atomic mass is 32.2. The molecule has 0 radical (unpaired) electrons. The Balaban J connectivity index is 4.61. The molecule has 96 valence electrons. The number of hydrogen-bond donors (Lipinski definition) is 0. The molecule has 1 atom stereocenters. The summed E-state index contributed by atoms with van der Waals surface area (Å²) in [6.45, 7) is 13.5. The molecule has 0 amide bonds. The van der Waals surface area contributed by atoms with Crippen molar-refractivity contribution < 1.29 is 0 Å². The molecule has 1 nitrogen and oxygen atoms in total. The van der Waals surface area contributed by atoms with Gasteiger partial charge in [0, 0.05) is 11.0 Å². The van der Waals surface area contributed by atoms with Crippen LogP contribution in [0, 0.1) is 0 Å². The zero-order valence-electron chi connectivity index (χ0n) is 12.0. The maximum absolute atomic E-state index is 5.00. The molecule has 0 fully saturated rings. The Labute approximate surface area is 107 Å². The van der Waals surface area contributed by atoms with E-state index in [0.29, 0.717) is 5.25 Å². The van der Waals surface area contributed by atoms with Crippen molar-refractivity contribution in [2.24, 2.45) is 4.99 Å².